The van der Waals surface area contributed by atoms with E-state index in [0.717, 1.165) is 37.2 Å². The van der Waals surface area contributed by atoms with Crippen LogP contribution in [0.3, 0.4) is 0 Å². The Kier molecular flexibility index (Phi) is 3.45. The van der Waals surface area contributed by atoms with Gasteiger partial charge in [0.05, 0.1) is 11.1 Å². The lowest BCUT2D eigenvalue weighted by Gasteiger charge is -2.08. The number of fused-ring (bicyclic) bond motifs is 1. The molecule has 2 heterocycles. The number of carbonyl (C=O) groups excluding carboxylic acids is 1. The Labute approximate surface area is 119 Å². The number of aromatic nitrogens is 1. The summed E-state index contributed by atoms with van der Waals surface area (Å²) in [5, 5.41) is 2.54. The van der Waals surface area contributed by atoms with Crippen LogP contribution in [-0.4, -0.2) is 10.5 Å². The molecule has 0 saturated carbocycles. The molecule has 1 aromatic carbocycles. The molecular weight excluding hydrogens is 281 g/mol. The van der Waals surface area contributed by atoms with Gasteiger partial charge >= 0.3 is 0 Å². The Morgan fingerprint density at radius 1 is 1.29 bits per heavy atom. The zero-order valence-electron chi connectivity index (χ0n) is 11.1. The normalized spacial score (nSPS) is 13.5. The van der Waals surface area contributed by atoms with Crippen molar-refractivity contribution in [2.75, 3.05) is 5.32 Å². The van der Waals surface area contributed by atoms with E-state index in [1.165, 1.54) is 6.07 Å². The molecule has 3 nitrogen and oxygen atoms in total. The maximum Gasteiger partial charge on any atom is 0.266 e. The smallest absolute Gasteiger partial charge is 0.266 e. The molecule has 0 spiro atoms. The highest BCUT2D eigenvalue weighted by Gasteiger charge is 2.20. The molecule has 21 heavy (non-hydrogen) atoms. The minimum absolute atomic E-state index is 0.162. The Hall–Kier alpha value is -2.24. The lowest BCUT2D eigenvalue weighted by molar-refractivity contribution is 0.102. The zero-order valence-corrected chi connectivity index (χ0v) is 11.1. The van der Waals surface area contributed by atoms with Crippen LogP contribution in [0, 0.1) is 5.82 Å². The van der Waals surface area contributed by atoms with Crippen molar-refractivity contribution >= 4 is 11.6 Å². The molecule has 6 heteroatoms. The summed E-state index contributed by atoms with van der Waals surface area (Å²) in [7, 11) is 0. The number of hydrogen-bond donors (Lipinski definition) is 1. The van der Waals surface area contributed by atoms with Crippen LogP contribution in [0.5, 0.6) is 0 Å². The number of rotatable bonds is 3. The van der Waals surface area contributed by atoms with E-state index in [4.69, 9.17) is 0 Å². The maximum absolute atomic E-state index is 13.2. The van der Waals surface area contributed by atoms with Crippen LogP contribution in [0.1, 0.15) is 34.5 Å². The van der Waals surface area contributed by atoms with Gasteiger partial charge in [0, 0.05) is 24.1 Å². The number of aryl methyl sites for hydroxylation is 1. The molecule has 0 atom stereocenters. The van der Waals surface area contributed by atoms with Crippen molar-refractivity contribution in [3.05, 3.63) is 53.1 Å². The van der Waals surface area contributed by atoms with Crippen molar-refractivity contribution in [1.29, 1.82) is 0 Å². The first-order chi connectivity index (χ1) is 10.1. The third-order valence-electron chi connectivity index (χ3n) is 3.62. The molecule has 0 aliphatic carbocycles. The number of anilines is 1. The summed E-state index contributed by atoms with van der Waals surface area (Å²) >= 11 is 0. The fraction of sp³-hybridized carbons (Fsp3) is 0.267. The lowest BCUT2D eigenvalue weighted by Crippen LogP contribution is -2.13. The summed E-state index contributed by atoms with van der Waals surface area (Å²) in [5.41, 5.74) is 0.934. The van der Waals surface area contributed by atoms with Crippen molar-refractivity contribution in [2.24, 2.45) is 0 Å². The molecule has 1 amide bonds. The van der Waals surface area contributed by atoms with Crippen LogP contribution in [0.4, 0.5) is 18.9 Å². The quantitative estimate of drug-likeness (QED) is 0.918. The van der Waals surface area contributed by atoms with Gasteiger partial charge in [0.25, 0.3) is 12.3 Å². The Balaban J connectivity index is 1.83. The predicted molar refractivity (Wildman–Crippen MR) is 72.1 cm³/mol. The number of alkyl halides is 2. The van der Waals surface area contributed by atoms with E-state index >= 15 is 0 Å². The van der Waals surface area contributed by atoms with E-state index in [-0.39, 0.29) is 11.6 Å². The average molecular weight is 294 g/mol. The summed E-state index contributed by atoms with van der Waals surface area (Å²) in [6, 6.07) is 4.88. The second-order valence-corrected chi connectivity index (χ2v) is 4.96. The SMILES string of the molecule is O=C(Nc1ccc(F)c(C(F)F)c1)c1ccn2c1CCC2. The third-order valence-corrected chi connectivity index (χ3v) is 3.62. The van der Waals surface area contributed by atoms with Crippen LogP contribution in [0.25, 0.3) is 0 Å². The van der Waals surface area contributed by atoms with Crippen LogP contribution in [0.2, 0.25) is 0 Å². The molecule has 1 aliphatic rings. The van der Waals surface area contributed by atoms with E-state index in [1.807, 2.05) is 10.8 Å². The maximum atomic E-state index is 13.2. The summed E-state index contributed by atoms with van der Waals surface area (Å²) in [5.74, 6) is -1.34. The van der Waals surface area contributed by atoms with Gasteiger partial charge in [-0.15, -0.1) is 0 Å². The number of carbonyl (C=O) groups is 1. The van der Waals surface area contributed by atoms with Gasteiger partial charge in [0.15, 0.2) is 0 Å². The average Bonchev–Trinajstić information content (AvgIpc) is 3.02. The van der Waals surface area contributed by atoms with E-state index in [0.29, 0.717) is 5.56 Å². The Morgan fingerprint density at radius 2 is 2.10 bits per heavy atom. The van der Waals surface area contributed by atoms with Crippen molar-refractivity contribution in [3.8, 4) is 0 Å². The highest BCUT2D eigenvalue weighted by Crippen LogP contribution is 2.26. The second kappa shape index (κ2) is 5.27. The predicted octanol–water partition coefficient (Wildman–Crippen LogP) is 3.76. The van der Waals surface area contributed by atoms with E-state index in [1.54, 1.807) is 6.07 Å². The van der Waals surface area contributed by atoms with Crippen molar-refractivity contribution in [3.63, 3.8) is 0 Å². The first-order valence-electron chi connectivity index (χ1n) is 6.63. The Morgan fingerprint density at radius 3 is 2.86 bits per heavy atom. The van der Waals surface area contributed by atoms with Crippen LogP contribution in [-0.2, 0) is 13.0 Å². The van der Waals surface area contributed by atoms with Gasteiger partial charge in [-0.3, -0.25) is 4.79 Å². The summed E-state index contributed by atoms with van der Waals surface area (Å²) in [6.07, 6.45) is 0.733. The van der Waals surface area contributed by atoms with Gasteiger partial charge in [-0.05, 0) is 37.1 Å². The molecule has 1 aliphatic heterocycles. The minimum Gasteiger partial charge on any atom is -0.351 e. The Bertz CT molecular complexity index is 694. The molecule has 2 aromatic rings. The molecule has 0 unspecified atom stereocenters. The van der Waals surface area contributed by atoms with Gasteiger partial charge < -0.3 is 9.88 Å². The molecule has 1 N–H and O–H groups in total. The minimum atomic E-state index is -2.92. The van der Waals surface area contributed by atoms with Gasteiger partial charge in [0.2, 0.25) is 0 Å². The van der Waals surface area contributed by atoms with Gasteiger partial charge in [0.1, 0.15) is 5.82 Å². The summed E-state index contributed by atoms with van der Waals surface area (Å²) in [4.78, 5) is 12.2. The van der Waals surface area contributed by atoms with Crippen LogP contribution in [0.15, 0.2) is 30.5 Å². The standard InChI is InChI=1S/C15H13F3N2O/c16-12-4-3-9(8-11(12)14(17)18)19-15(21)10-5-7-20-6-1-2-13(10)20/h3-5,7-8,14H,1-2,6H2,(H,19,21). The van der Waals surface area contributed by atoms with Crippen molar-refractivity contribution < 1.29 is 18.0 Å². The molecular formula is C15H13F3N2O. The molecule has 3 rings (SSSR count). The fourth-order valence-electron chi connectivity index (χ4n) is 2.60. The second-order valence-electron chi connectivity index (χ2n) is 4.96. The van der Waals surface area contributed by atoms with E-state index < -0.39 is 17.8 Å². The van der Waals surface area contributed by atoms with Crippen molar-refractivity contribution in [1.82, 2.24) is 4.57 Å². The highest BCUT2D eigenvalue weighted by atomic mass is 19.3. The third kappa shape index (κ3) is 2.53. The molecule has 0 fully saturated rings. The molecule has 1 aromatic heterocycles. The fourth-order valence-corrected chi connectivity index (χ4v) is 2.60. The zero-order chi connectivity index (χ0) is 15.0. The molecule has 0 bridgehead atoms. The molecule has 0 saturated heterocycles. The lowest BCUT2D eigenvalue weighted by atomic mass is 10.1. The number of amides is 1. The van der Waals surface area contributed by atoms with E-state index in [9.17, 15) is 18.0 Å². The van der Waals surface area contributed by atoms with Gasteiger partial charge in [-0.1, -0.05) is 0 Å². The summed E-state index contributed by atoms with van der Waals surface area (Å²) in [6.45, 7) is 0.884. The summed E-state index contributed by atoms with van der Waals surface area (Å²) < 4.78 is 40.5. The highest BCUT2D eigenvalue weighted by molar-refractivity contribution is 6.05. The van der Waals surface area contributed by atoms with E-state index in [2.05, 4.69) is 5.32 Å². The number of halogens is 3. The van der Waals surface area contributed by atoms with Gasteiger partial charge in [-0.2, -0.15) is 0 Å². The van der Waals surface area contributed by atoms with Gasteiger partial charge in [-0.25, -0.2) is 13.2 Å². The monoisotopic (exact) mass is 294 g/mol. The van der Waals surface area contributed by atoms with Crippen LogP contribution < -0.4 is 5.32 Å². The molecule has 0 radical (unpaired) electrons. The van der Waals surface area contributed by atoms with Crippen molar-refractivity contribution in [2.45, 2.75) is 25.8 Å². The number of hydrogen-bond acceptors (Lipinski definition) is 1. The first kappa shape index (κ1) is 13.7. The number of benzene rings is 1. The largest absolute Gasteiger partial charge is 0.351 e. The first-order valence-corrected chi connectivity index (χ1v) is 6.63. The van der Waals surface area contributed by atoms with Crippen LogP contribution >= 0.6 is 0 Å². The topological polar surface area (TPSA) is 34.0 Å². The number of nitrogens with one attached hydrogen (secondary N) is 1. The molecule has 110 valence electrons. The number of nitrogens with zero attached hydrogens (tertiary/aromatic N) is 1.